The van der Waals surface area contributed by atoms with Crippen molar-refractivity contribution in [1.82, 2.24) is 14.7 Å². The van der Waals surface area contributed by atoms with Gasteiger partial charge in [0, 0.05) is 57.8 Å². The summed E-state index contributed by atoms with van der Waals surface area (Å²) >= 11 is 0. The normalized spacial score (nSPS) is 21.9. The summed E-state index contributed by atoms with van der Waals surface area (Å²) < 4.78 is 82.3. The molecule has 0 radical (unpaired) electrons. The van der Waals surface area contributed by atoms with Crippen LogP contribution in [0.25, 0.3) is 0 Å². The highest BCUT2D eigenvalue weighted by molar-refractivity contribution is 5.80. The molecule has 0 aliphatic carbocycles. The number of benzene rings is 1. The molecule has 39 heavy (non-hydrogen) atoms. The Balaban J connectivity index is 0.000000317. The number of fused-ring (bicyclic) bond motifs is 1. The maximum atomic E-state index is 13.4. The molecular formula is C23H28F7N3O6. The van der Waals surface area contributed by atoms with Crippen LogP contribution in [0, 0.1) is 5.82 Å². The van der Waals surface area contributed by atoms with Crippen LogP contribution >= 0.6 is 0 Å². The Morgan fingerprint density at radius 3 is 2.00 bits per heavy atom. The summed E-state index contributed by atoms with van der Waals surface area (Å²) in [7, 11) is 0. The minimum atomic E-state index is -5.08. The van der Waals surface area contributed by atoms with E-state index >= 15 is 0 Å². The van der Waals surface area contributed by atoms with Crippen molar-refractivity contribution in [2.75, 3.05) is 45.9 Å². The standard InChI is InChI=1S/C19H26FN3O2.2C2HF3O2/c20-16-3-1-2-15(12-16)14-22-5-4-17-18(22)13-19(24)23(17)7-6-21-8-10-25-11-9-21;2*3-2(4,5)1(6)7/h1-3,12,17-18H,4-11,13-14H2;2*(H,6,7)/t17-,18+;;/m0../s1. The molecule has 4 rings (SSSR count). The van der Waals surface area contributed by atoms with E-state index in [2.05, 4.69) is 14.7 Å². The topological polar surface area (TPSA) is 111 Å². The molecule has 0 aromatic heterocycles. The Labute approximate surface area is 218 Å². The summed E-state index contributed by atoms with van der Waals surface area (Å²) in [5.74, 6) is -5.44. The molecule has 0 spiro atoms. The second-order valence-corrected chi connectivity index (χ2v) is 8.87. The Morgan fingerprint density at radius 1 is 0.923 bits per heavy atom. The maximum Gasteiger partial charge on any atom is 0.490 e. The summed E-state index contributed by atoms with van der Waals surface area (Å²) in [4.78, 5) is 37.1. The molecule has 0 bridgehead atoms. The van der Waals surface area contributed by atoms with Crippen molar-refractivity contribution in [2.24, 2.45) is 0 Å². The monoisotopic (exact) mass is 575 g/mol. The van der Waals surface area contributed by atoms with Crippen molar-refractivity contribution < 1.29 is 60.1 Å². The van der Waals surface area contributed by atoms with Gasteiger partial charge < -0.3 is 19.8 Å². The number of alkyl halides is 6. The lowest BCUT2D eigenvalue weighted by atomic mass is 10.1. The van der Waals surface area contributed by atoms with Crippen LogP contribution in [0.5, 0.6) is 0 Å². The molecule has 16 heteroatoms. The zero-order valence-electron chi connectivity index (χ0n) is 20.5. The van der Waals surface area contributed by atoms with Crippen molar-refractivity contribution in [1.29, 1.82) is 0 Å². The van der Waals surface area contributed by atoms with E-state index in [0.29, 0.717) is 12.5 Å². The van der Waals surface area contributed by atoms with E-state index in [1.807, 2.05) is 6.07 Å². The maximum absolute atomic E-state index is 13.4. The Hall–Kier alpha value is -2.98. The average Bonchev–Trinajstić information content (AvgIpc) is 3.36. The van der Waals surface area contributed by atoms with Crippen molar-refractivity contribution in [2.45, 2.75) is 43.8 Å². The number of likely N-dealkylation sites (tertiary alicyclic amines) is 2. The van der Waals surface area contributed by atoms with Crippen LogP contribution in [-0.2, 0) is 25.7 Å². The third-order valence-electron chi connectivity index (χ3n) is 6.25. The van der Waals surface area contributed by atoms with E-state index < -0.39 is 24.3 Å². The number of ether oxygens (including phenoxy) is 1. The fourth-order valence-electron chi connectivity index (χ4n) is 4.44. The molecule has 3 heterocycles. The lowest BCUT2D eigenvalue weighted by Crippen LogP contribution is -2.44. The predicted octanol–water partition coefficient (Wildman–Crippen LogP) is 2.60. The van der Waals surface area contributed by atoms with Crippen molar-refractivity contribution in [3.05, 3.63) is 35.6 Å². The molecule has 2 atom stereocenters. The summed E-state index contributed by atoms with van der Waals surface area (Å²) in [5.41, 5.74) is 0.986. The van der Waals surface area contributed by atoms with Gasteiger partial charge in [0.15, 0.2) is 0 Å². The Kier molecular flexibility index (Phi) is 11.5. The number of carbonyl (C=O) groups is 3. The highest BCUT2D eigenvalue weighted by Crippen LogP contribution is 2.33. The first-order valence-corrected chi connectivity index (χ1v) is 11.8. The minimum Gasteiger partial charge on any atom is -0.475 e. The van der Waals surface area contributed by atoms with Crippen LogP contribution in [-0.4, -0.2) is 113 Å². The molecular weight excluding hydrogens is 547 g/mol. The summed E-state index contributed by atoms with van der Waals surface area (Å²) in [5, 5.41) is 14.2. The van der Waals surface area contributed by atoms with E-state index in [4.69, 9.17) is 24.5 Å². The first-order valence-electron chi connectivity index (χ1n) is 11.8. The van der Waals surface area contributed by atoms with Crippen LogP contribution in [0.1, 0.15) is 18.4 Å². The van der Waals surface area contributed by atoms with Crippen LogP contribution in [0.15, 0.2) is 24.3 Å². The molecule has 220 valence electrons. The van der Waals surface area contributed by atoms with Gasteiger partial charge in [0.1, 0.15) is 5.82 Å². The van der Waals surface area contributed by atoms with E-state index in [1.54, 1.807) is 12.1 Å². The van der Waals surface area contributed by atoms with Gasteiger partial charge in [0.25, 0.3) is 0 Å². The van der Waals surface area contributed by atoms with Crippen LogP contribution in [0.4, 0.5) is 30.7 Å². The van der Waals surface area contributed by atoms with Gasteiger partial charge in [-0.15, -0.1) is 0 Å². The van der Waals surface area contributed by atoms with Gasteiger partial charge in [-0.05, 0) is 24.1 Å². The van der Waals surface area contributed by atoms with E-state index in [-0.39, 0.29) is 17.8 Å². The number of halogens is 7. The number of hydrogen-bond acceptors (Lipinski definition) is 6. The fourth-order valence-corrected chi connectivity index (χ4v) is 4.44. The Bertz CT molecular complexity index is 962. The van der Waals surface area contributed by atoms with Gasteiger partial charge in [0.2, 0.25) is 5.91 Å². The zero-order valence-corrected chi connectivity index (χ0v) is 20.5. The quantitative estimate of drug-likeness (QED) is 0.516. The first kappa shape index (κ1) is 32.2. The highest BCUT2D eigenvalue weighted by atomic mass is 19.4. The second kappa shape index (κ2) is 13.9. The number of aliphatic carboxylic acids is 2. The number of carboxylic acids is 2. The SMILES string of the molecule is O=C(O)C(F)(F)F.O=C(O)C(F)(F)F.O=C1C[C@@H]2[C@H](CCN2Cc2cccc(F)c2)N1CCN1CCOCC1. The molecule has 9 nitrogen and oxygen atoms in total. The van der Waals surface area contributed by atoms with Gasteiger partial charge in [-0.3, -0.25) is 14.6 Å². The predicted molar refractivity (Wildman–Crippen MR) is 120 cm³/mol. The molecule has 0 saturated carbocycles. The van der Waals surface area contributed by atoms with Crippen LogP contribution < -0.4 is 0 Å². The molecule has 3 fully saturated rings. The van der Waals surface area contributed by atoms with E-state index in [1.165, 1.54) is 6.07 Å². The van der Waals surface area contributed by atoms with Gasteiger partial charge in [-0.25, -0.2) is 14.0 Å². The number of carbonyl (C=O) groups excluding carboxylic acids is 1. The molecule has 2 N–H and O–H groups in total. The number of carboxylic acid groups (broad SMARTS) is 2. The summed E-state index contributed by atoms with van der Waals surface area (Å²) in [6.07, 6.45) is -8.54. The number of morpholine rings is 1. The molecule has 1 amide bonds. The number of nitrogens with zero attached hydrogens (tertiary/aromatic N) is 3. The lowest BCUT2D eigenvalue weighted by Gasteiger charge is -2.30. The third kappa shape index (κ3) is 10.3. The van der Waals surface area contributed by atoms with Crippen molar-refractivity contribution in [3.8, 4) is 0 Å². The van der Waals surface area contributed by atoms with Crippen LogP contribution in [0.3, 0.4) is 0 Å². The first-order chi connectivity index (χ1) is 18.1. The van der Waals surface area contributed by atoms with Crippen LogP contribution in [0.2, 0.25) is 0 Å². The number of rotatable bonds is 5. The van der Waals surface area contributed by atoms with E-state index in [0.717, 1.165) is 64.5 Å². The Morgan fingerprint density at radius 2 is 1.49 bits per heavy atom. The van der Waals surface area contributed by atoms with Gasteiger partial charge in [-0.2, -0.15) is 26.3 Å². The fraction of sp³-hybridized carbons (Fsp3) is 0.609. The summed E-state index contributed by atoms with van der Waals surface area (Å²) in [6.45, 7) is 6.96. The molecule has 1 aromatic rings. The van der Waals surface area contributed by atoms with Crippen molar-refractivity contribution >= 4 is 17.8 Å². The zero-order chi connectivity index (χ0) is 29.4. The molecule has 1 aromatic carbocycles. The number of amides is 1. The van der Waals surface area contributed by atoms with Gasteiger partial charge in [-0.1, -0.05) is 12.1 Å². The third-order valence-corrected chi connectivity index (χ3v) is 6.25. The molecule has 0 unspecified atom stereocenters. The van der Waals surface area contributed by atoms with E-state index in [9.17, 15) is 35.5 Å². The average molecular weight is 575 g/mol. The molecule has 3 aliphatic heterocycles. The highest BCUT2D eigenvalue weighted by Gasteiger charge is 2.46. The summed E-state index contributed by atoms with van der Waals surface area (Å²) in [6, 6.07) is 7.39. The van der Waals surface area contributed by atoms with Gasteiger partial charge >= 0.3 is 24.3 Å². The smallest absolute Gasteiger partial charge is 0.475 e. The lowest BCUT2D eigenvalue weighted by molar-refractivity contribution is -0.193. The molecule has 3 saturated heterocycles. The second-order valence-electron chi connectivity index (χ2n) is 8.87. The van der Waals surface area contributed by atoms with Crippen molar-refractivity contribution in [3.63, 3.8) is 0 Å². The largest absolute Gasteiger partial charge is 0.490 e. The minimum absolute atomic E-state index is 0.192. The van der Waals surface area contributed by atoms with Gasteiger partial charge in [0.05, 0.1) is 13.2 Å². The number of hydrogen-bond donors (Lipinski definition) is 2. The molecule has 3 aliphatic rings.